The second-order valence-electron chi connectivity index (χ2n) is 7.44. The largest absolute Gasteiger partial charge is 0.494 e. The number of hydrogen-bond acceptors (Lipinski definition) is 3. The van der Waals surface area contributed by atoms with Crippen molar-refractivity contribution < 1.29 is 36.2 Å². The number of alkyl halides is 2. The smallest absolute Gasteiger partial charge is 0.276 e. The van der Waals surface area contributed by atoms with E-state index in [4.69, 9.17) is 9.47 Å². The summed E-state index contributed by atoms with van der Waals surface area (Å²) in [6, 6.07) is 5.50. The topological polar surface area (TPSA) is 27.7 Å². The van der Waals surface area contributed by atoms with Gasteiger partial charge in [0.15, 0.2) is 11.5 Å². The quantitative estimate of drug-likeness (QED) is 0.493. The van der Waals surface area contributed by atoms with Gasteiger partial charge in [0.25, 0.3) is 5.92 Å². The molecule has 0 spiro atoms. The van der Waals surface area contributed by atoms with Crippen molar-refractivity contribution >= 4 is 0 Å². The van der Waals surface area contributed by atoms with Crippen LogP contribution in [0.25, 0.3) is 0 Å². The second-order valence-corrected chi connectivity index (χ2v) is 7.44. The van der Waals surface area contributed by atoms with E-state index in [1.54, 1.807) is 0 Å². The lowest BCUT2D eigenvalue weighted by Crippen LogP contribution is -2.21. The first kappa shape index (κ1) is 22.3. The van der Waals surface area contributed by atoms with Gasteiger partial charge >= 0.3 is 0 Å². The van der Waals surface area contributed by atoms with Gasteiger partial charge in [-0.2, -0.15) is 8.78 Å². The van der Waals surface area contributed by atoms with Crippen LogP contribution in [0.5, 0.6) is 11.5 Å². The molecule has 30 heavy (non-hydrogen) atoms. The van der Waals surface area contributed by atoms with Crippen molar-refractivity contribution in [1.82, 2.24) is 0 Å². The fourth-order valence-corrected chi connectivity index (χ4v) is 3.36. The fourth-order valence-electron chi connectivity index (χ4n) is 3.36. The molecule has 1 saturated heterocycles. The lowest BCUT2D eigenvalue weighted by atomic mass is 9.94. The summed E-state index contributed by atoms with van der Waals surface area (Å²) in [5, 5.41) is 0. The minimum absolute atomic E-state index is 0.258. The molecule has 3 rings (SSSR count). The van der Waals surface area contributed by atoms with Crippen LogP contribution in [-0.4, -0.2) is 20.3 Å². The normalized spacial score (nSPS) is 19.6. The molecule has 0 aliphatic carbocycles. The molecule has 0 radical (unpaired) electrons. The highest BCUT2D eigenvalue weighted by molar-refractivity contribution is 5.35. The number of hydrogen-bond donors (Lipinski definition) is 0. The standard InChI is InChI=1S/C22H23F5O3/c1-13-3-6-17(30-12-13)15-5-4-14(11-16(15)23)22(26,27)9-10-29-19-8-7-18(28-2)20(24)21(19)25/h4-5,7-8,11,13,17H,3,6,9-10,12H2,1-2H3. The Balaban J connectivity index is 1.64. The van der Waals surface area contributed by atoms with Crippen molar-refractivity contribution in [2.45, 2.75) is 38.2 Å². The van der Waals surface area contributed by atoms with E-state index < -0.39 is 53.8 Å². The van der Waals surface area contributed by atoms with Crippen molar-refractivity contribution in [3.8, 4) is 11.5 Å². The summed E-state index contributed by atoms with van der Waals surface area (Å²) in [4.78, 5) is 0. The molecule has 2 atom stereocenters. The van der Waals surface area contributed by atoms with Gasteiger partial charge in [-0.25, -0.2) is 13.2 Å². The van der Waals surface area contributed by atoms with E-state index >= 15 is 0 Å². The Bertz CT molecular complexity index is 879. The summed E-state index contributed by atoms with van der Waals surface area (Å²) < 4.78 is 86.2. The van der Waals surface area contributed by atoms with E-state index in [0.717, 1.165) is 30.7 Å². The van der Waals surface area contributed by atoms with Crippen molar-refractivity contribution in [3.05, 3.63) is 58.9 Å². The molecule has 164 valence electrons. The molecule has 8 heteroatoms. The van der Waals surface area contributed by atoms with Crippen LogP contribution in [0.1, 0.15) is 43.4 Å². The molecule has 2 aromatic rings. The van der Waals surface area contributed by atoms with E-state index in [1.165, 1.54) is 13.2 Å². The molecular weight excluding hydrogens is 407 g/mol. The summed E-state index contributed by atoms with van der Waals surface area (Å²) in [6.45, 7) is 1.94. The van der Waals surface area contributed by atoms with E-state index in [1.807, 2.05) is 6.92 Å². The molecule has 0 amide bonds. The molecular formula is C22H23F5O3. The summed E-state index contributed by atoms with van der Waals surface area (Å²) in [7, 11) is 1.17. The lowest BCUT2D eigenvalue weighted by Gasteiger charge is -2.28. The summed E-state index contributed by atoms with van der Waals surface area (Å²) >= 11 is 0. The van der Waals surface area contributed by atoms with E-state index in [-0.39, 0.29) is 11.3 Å². The van der Waals surface area contributed by atoms with Crippen LogP contribution in [0.15, 0.2) is 30.3 Å². The van der Waals surface area contributed by atoms with Gasteiger partial charge in [-0.1, -0.05) is 19.1 Å². The Hall–Kier alpha value is -2.35. The molecule has 0 bridgehead atoms. The monoisotopic (exact) mass is 430 g/mol. The van der Waals surface area contributed by atoms with Gasteiger partial charge in [0.2, 0.25) is 11.6 Å². The van der Waals surface area contributed by atoms with Crippen LogP contribution < -0.4 is 9.47 Å². The number of ether oxygens (including phenoxy) is 3. The SMILES string of the molecule is COc1ccc(OCCC(F)(F)c2ccc(C3CCC(C)CO3)c(F)c2)c(F)c1F. The van der Waals surface area contributed by atoms with Gasteiger partial charge < -0.3 is 14.2 Å². The van der Waals surface area contributed by atoms with Crippen LogP contribution in [0.4, 0.5) is 22.0 Å². The van der Waals surface area contributed by atoms with Gasteiger partial charge in [0.05, 0.1) is 19.8 Å². The van der Waals surface area contributed by atoms with Crippen molar-refractivity contribution in [3.63, 3.8) is 0 Å². The van der Waals surface area contributed by atoms with Gasteiger partial charge in [-0.05, 0) is 37.0 Å². The molecule has 1 fully saturated rings. The van der Waals surface area contributed by atoms with Gasteiger partial charge in [-0.15, -0.1) is 0 Å². The molecule has 0 N–H and O–H groups in total. The number of benzene rings is 2. The van der Waals surface area contributed by atoms with Crippen LogP contribution in [0, 0.1) is 23.4 Å². The highest BCUT2D eigenvalue weighted by Crippen LogP contribution is 2.37. The van der Waals surface area contributed by atoms with Gasteiger partial charge in [0, 0.05) is 24.2 Å². The third-order valence-corrected chi connectivity index (χ3v) is 5.18. The first-order valence-corrected chi connectivity index (χ1v) is 9.67. The average Bonchev–Trinajstić information content (AvgIpc) is 2.72. The van der Waals surface area contributed by atoms with Crippen LogP contribution >= 0.6 is 0 Å². The summed E-state index contributed by atoms with van der Waals surface area (Å²) in [6.07, 6.45) is 0.226. The molecule has 1 heterocycles. The minimum atomic E-state index is -3.41. The Morgan fingerprint density at radius 1 is 1.03 bits per heavy atom. The van der Waals surface area contributed by atoms with Crippen molar-refractivity contribution in [1.29, 1.82) is 0 Å². The fraction of sp³-hybridized carbons (Fsp3) is 0.455. The maximum absolute atomic E-state index is 14.5. The number of halogens is 5. The molecule has 1 aliphatic heterocycles. The second kappa shape index (κ2) is 9.20. The summed E-state index contributed by atoms with van der Waals surface area (Å²) in [5.41, 5.74) is -0.258. The minimum Gasteiger partial charge on any atom is -0.494 e. The molecule has 2 aromatic carbocycles. The zero-order chi connectivity index (χ0) is 21.9. The van der Waals surface area contributed by atoms with E-state index in [2.05, 4.69) is 4.74 Å². The third-order valence-electron chi connectivity index (χ3n) is 5.18. The Morgan fingerprint density at radius 3 is 2.37 bits per heavy atom. The predicted molar refractivity (Wildman–Crippen MR) is 100 cm³/mol. The van der Waals surface area contributed by atoms with Crippen LogP contribution in [0.2, 0.25) is 0 Å². The predicted octanol–water partition coefficient (Wildman–Crippen LogP) is 6.16. The Kier molecular flexibility index (Phi) is 6.85. The molecule has 0 aromatic heterocycles. The maximum atomic E-state index is 14.5. The highest BCUT2D eigenvalue weighted by Gasteiger charge is 2.33. The summed E-state index contributed by atoms with van der Waals surface area (Å²) in [5.74, 6) is -7.20. The first-order valence-electron chi connectivity index (χ1n) is 9.67. The number of rotatable bonds is 7. The zero-order valence-corrected chi connectivity index (χ0v) is 16.7. The first-order chi connectivity index (χ1) is 14.2. The molecule has 0 saturated carbocycles. The van der Waals surface area contributed by atoms with Crippen molar-refractivity contribution in [2.24, 2.45) is 5.92 Å². The van der Waals surface area contributed by atoms with Crippen LogP contribution in [-0.2, 0) is 10.7 Å². The van der Waals surface area contributed by atoms with Crippen LogP contribution in [0.3, 0.4) is 0 Å². The maximum Gasteiger partial charge on any atom is 0.276 e. The molecule has 3 nitrogen and oxygen atoms in total. The van der Waals surface area contributed by atoms with Crippen molar-refractivity contribution in [2.75, 3.05) is 20.3 Å². The molecule has 1 aliphatic rings. The third kappa shape index (κ3) is 4.86. The van der Waals surface area contributed by atoms with E-state index in [0.29, 0.717) is 18.9 Å². The van der Waals surface area contributed by atoms with E-state index in [9.17, 15) is 22.0 Å². The van der Waals surface area contributed by atoms with Gasteiger partial charge in [-0.3, -0.25) is 0 Å². The number of methoxy groups -OCH3 is 1. The zero-order valence-electron chi connectivity index (χ0n) is 16.7. The highest BCUT2D eigenvalue weighted by atomic mass is 19.3. The molecule has 2 unspecified atom stereocenters. The van der Waals surface area contributed by atoms with Gasteiger partial charge in [0.1, 0.15) is 5.82 Å². The average molecular weight is 430 g/mol. The lowest BCUT2D eigenvalue weighted by molar-refractivity contribution is -0.0258. The Morgan fingerprint density at radius 2 is 1.73 bits per heavy atom. The Labute approximate surface area is 171 Å².